The van der Waals surface area contributed by atoms with Crippen LogP contribution < -0.4 is 11.1 Å². The van der Waals surface area contributed by atoms with E-state index in [1.807, 2.05) is 13.0 Å². The number of hydrogen-bond acceptors (Lipinski definition) is 4. The van der Waals surface area contributed by atoms with Gasteiger partial charge in [0.2, 0.25) is 5.69 Å². The topological polar surface area (TPSA) is 126 Å². The van der Waals surface area contributed by atoms with E-state index < -0.39 is 5.91 Å². The van der Waals surface area contributed by atoms with Gasteiger partial charge in [-0.2, -0.15) is 10.2 Å². The third kappa shape index (κ3) is 3.95. The number of H-pyrrole nitrogens is 1. The molecule has 0 saturated carbocycles. The highest BCUT2D eigenvalue weighted by Gasteiger charge is 2.30. The summed E-state index contributed by atoms with van der Waals surface area (Å²) in [7, 11) is 0. The summed E-state index contributed by atoms with van der Waals surface area (Å²) >= 11 is 12.5. The second-order valence-electron chi connectivity index (χ2n) is 8.09. The van der Waals surface area contributed by atoms with Crippen molar-refractivity contribution in [2.75, 3.05) is 11.9 Å². The molecule has 0 saturated heterocycles. The minimum atomic E-state index is -0.648. The van der Waals surface area contributed by atoms with Crippen molar-refractivity contribution in [3.8, 4) is 11.3 Å². The lowest BCUT2D eigenvalue weighted by atomic mass is 10.0. The van der Waals surface area contributed by atoms with E-state index in [9.17, 15) is 9.59 Å². The summed E-state index contributed by atoms with van der Waals surface area (Å²) in [6, 6.07) is 7.85. The third-order valence-electron chi connectivity index (χ3n) is 5.91. The molecule has 1 aliphatic rings. The molecule has 4 N–H and O–H groups in total. The van der Waals surface area contributed by atoms with Crippen LogP contribution in [0.5, 0.6) is 0 Å². The molecule has 0 radical (unpaired) electrons. The number of aromatic nitrogens is 4. The molecule has 10 nitrogen and oxygen atoms in total. The number of nitrogens with one attached hydrogen (secondary N) is 2. The Bertz CT molecular complexity index is 1570. The molecule has 2 aromatic heterocycles. The summed E-state index contributed by atoms with van der Waals surface area (Å²) in [6.07, 6.45) is 0. The molecule has 0 unspecified atom stereocenters. The second kappa shape index (κ2) is 8.61. The monoisotopic (exact) mass is 508 g/mol. The lowest BCUT2D eigenvalue weighted by Crippen LogP contribution is -2.41. The Morgan fingerprint density at radius 3 is 2.71 bits per heavy atom. The lowest BCUT2D eigenvalue weighted by molar-refractivity contribution is 0.0997. The molecule has 2 aromatic carbocycles. The molecule has 0 fully saturated rings. The van der Waals surface area contributed by atoms with Crippen molar-refractivity contribution in [1.82, 2.24) is 24.9 Å². The van der Waals surface area contributed by atoms with E-state index in [4.69, 9.17) is 35.5 Å². The average molecular weight is 509 g/mol. The second-order valence-corrected chi connectivity index (χ2v) is 8.90. The highest BCUT2D eigenvalue weighted by atomic mass is 35.5. The van der Waals surface area contributed by atoms with Crippen LogP contribution in [0.4, 0.5) is 16.2 Å². The van der Waals surface area contributed by atoms with Gasteiger partial charge < -0.3 is 16.0 Å². The number of fused-ring (bicyclic) bond motifs is 2. The fourth-order valence-electron chi connectivity index (χ4n) is 4.17. The number of rotatable bonds is 3. The molecule has 0 spiro atoms. The van der Waals surface area contributed by atoms with E-state index in [1.54, 1.807) is 21.7 Å². The molecular weight excluding hydrogens is 491 g/mol. The Morgan fingerprint density at radius 2 is 2.00 bits per heavy atom. The van der Waals surface area contributed by atoms with Crippen LogP contribution in [0.3, 0.4) is 0 Å². The van der Waals surface area contributed by atoms with Gasteiger partial charge in [-0.3, -0.25) is 14.6 Å². The van der Waals surface area contributed by atoms with E-state index in [2.05, 4.69) is 25.5 Å². The maximum absolute atomic E-state index is 12.9. The van der Waals surface area contributed by atoms with Crippen LogP contribution in [-0.4, -0.2) is 43.4 Å². The number of anilines is 1. The largest absolute Gasteiger partial charge is 0.365 e. The summed E-state index contributed by atoms with van der Waals surface area (Å²) < 4.78 is 1.70. The van der Waals surface area contributed by atoms with Gasteiger partial charge in [0, 0.05) is 33.9 Å². The number of nitrogens with two attached hydrogens (primary N) is 1. The van der Waals surface area contributed by atoms with E-state index >= 15 is 0 Å². The van der Waals surface area contributed by atoms with Crippen molar-refractivity contribution >= 4 is 57.4 Å². The maximum Gasteiger partial charge on any atom is 0.322 e. The summed E-state index contributed by atoms with van der Waals surface area (Å²) in [5, 5.41) is 16.0. The Kier molecular flexibility index (Phi) is 5.59. The van der Waals surface area contributed by atoms with Gasteiger partial charge in [0.1, 0.15) is 11.2 Å². The fraction of sp³-hybridized carbons (Fsp3) is 0.174. The minimum Gasteiger partial charge on any atom is -0.365 e. The smallest absolute Gasteiger partial charge is 0.322 e. The van der Waals surface area contributed by atoms with Gasteiger partial charge in [0.15, 0.2) is 0 Å². The first kappa shape index (κ1) is 22.7. The molecule has 5 rings (SSSR count). The molecule has 3 amide bonds. The Morgan fingerprint density at radius 1 is 1.20 bits per heavy atom. The minimum absolute atomic E-state index is 0.131. The Balaban J connectivity index is 1.47. The SMILES string of the molecule is [C-]#[N+]c1ccc(NC(=O)N2CCn3nc(-c4cc(Cl)c5n[nH]c(C)c5c4)c(C(N)=O)c3C2)cc1Cl. The molecule has 0 atom stereocenters. The number of carbonyl (C=O) groups is 2. The quantitative estimate of drug-likeness (QED) is 0.345. The Hall–Kier alpha value is -4.07. The van der Waals surface area contributed by atoms with Crippen molar-refractivity contribution in [2.24, 2.45) is 5.73 Å². The van der Waals surface area contributed by atoms with Crippen molar-refractivity contribution in [2.45, 2.75) is 20.0 Å². The van der Waals surface area contributed by atoms with Gasteiger partial charge in [-0.05, 0) is 31.2 Å². The normalized spacial score (nSPS) is 12.9. The molecule has 12 heteroatoms. The van der Waals surface area contributed by atoms with Crippen molar-refractivity contribution < 1.29 is 9.59 Å². The summed E-state index contributed by atoms with van der Waals surface area (Å²) in [6.45, 7) is 9.84. The third-order valence-corrected chi connectivity index (χ3v) is 6.50. The molecule has 0 aliphatic carbocycles. The molecule has 176 valence electrons. The Labute approximate surface area is 209 Å². The summed E-state index contributed by atoms with van der Waals surface area (Å²) in [5.74, 6) is -0.648. The number of nitrogens with zero attached hydrogens (tertiary/aromatic N) is 5. The molecule has 3 heterocycles. The zero-order valence-electron chi connectivity index (χ0n) is 18.4. The number of benzene rings is 2. The zero-order valence-corrected chi connectivity index (χ0v) is 19.9. The van der Waals surface area contributed by atoms with E-state index in [0.29, 0.717) is 52.0 Å². The van der Waals surface area contributed by atoms with Crippen LogP contribution in [0.2, 0.25) is 10.0 Å². The average Bonchev–Trinajstić information content (AvgIpc) is 3.40. The van der Waals surface area contributed by atoms with Gasteiger partial charge in [-0.25, -0.2) is 9.64 Å². The first-order chi connectivity index (χ1) is 16.8. The van der Waals surface area contributed by atoms with Crippen LogP contribution in [0.15, 0.2) is 30.3 Å². The molecule has 0 bridgehead atoms. The molecule has 35 heavy (non-hydrogen) atoms. The van der Waals surface area contributed by atoms with E-state index in [-0.39, 0.29) is 23.2 Å². The predicted molar refractivity (Wildman–Crippen MR) is 133 cm³/mol. The van der Waals surface area contributed by atoms with Crippen molar-refractivity contribution in [3.05, 3.63) is 68.7 Å². The summed E-state index contributed by atoms with van der Waals surface area (Å²) in [5.41, 5.74) is 9.80. The van der Waals surface area contributed by atoms with Gasteiger partial charge in [-0.15, -0.1) is 0 Å². The highest BCUT2D eigenvalue weighted by Crippen LogP contribution is 2.34. The van der Waals surface area contributed by atoms with Crippen LogP contribution in [-0.2, 0) is 13.1 Å². The summed E-state index contributed by atoms with van der Waals surface area (Å²) in [4.78, 5) is 30.3. The lowest BCUT2D eigenvalue weighted by Gasteiger charge is -2.28. The van der Waals surface area contributed by atoms with E-state index in [1.165, 1.54) is 12.1 Å². The van der Waals surface area contributed by atoms with E-state index in [0.717, 1.165) is 11.1 Å². The first-order valence-electron chi connectivity index (χ1n) is 10.5. The number of halogens is 2. The zero-order chi connectivity index (χ0) is 24.9. The number of hydrogen-bond donors (Lipinski definition) is 3. The number of aromatic amines is 1. The van der Waals surface area contributed by atoms with Gasteiger partial charge in [-0.1, -0.05) is 29.3 Å². The number of urea groups is 1. The number of primary amides is 1. The van der Waals surface area contributed by atoms with Crippen molar-refractivity contribution in [1.29, 1.82) is 0 Å². The van der Waals surface area contributed by atoms with Crippen LogP contribution in [0, 0.1) is 13.5 Å². The van der Waals surface area contributed by atoms with Gasteiger partial charge in [0.25, 0.3) is 5.91 Å². The molecule has 1 aliphatic heterocycles. The van der Waals surface area contributed by atoms with Gasteiger partial charge in [0.05, 0.1) is 35.9 Å². The number of amides is 3. The molecular formula is C23H18Cl2N8O2. The molecule has 4 aromatic rings. The fourth-order valence-corrected chi connectivity index (χ4v) is 4.65. The highest BCUT2D eigenvalue weighted by molar-refractivity contribution is 6.35. The van der Waals surface area contributed by atoms with Crippen molar-refractivity contribution in [3.63, 3.8) is 0 Å². The number of aryl methyl sites for hydroxylation is 1. The maximum atomic E-state index is 12.9. The predicted octanol–water partition coefficient (Wildman–Crippen LogP) is 4.74. The van der Waals surface area contributed by atoms with Crippen LogP contribution >= 0.6 is 23.2 Å². The number of carbonyl (C=O) groups excluding carboxylic acids is 2. The van der Waals surface area contributed by atoms with Crippen LogP contribution in [0.1, 0.15) is 21.7 Å². The standard InChI is InChI=1S/C23H18Cl2N8O2/c1-11-14-7-12(8-16(25)21(14)30-29-11)20-19(22(26)34)18-10-32(5-6-33(18)31-20)23(35)28-13-3-4-17(27-2)15(24)9-13/h3-4,7-9H,5-6,10H2,1H3,(H2,26,34)(H,28,35)(H,29,30). The van der Waals surface area contributed by atoms with Gasteiger partial charge >= 0.3 is 6.03 Å². The first-order valence-corrected chi connectivity index (χ1v) is 11.3. The van der Waals surface area contributed by atoms with Crippen LogP contribution in [0.25, 0.3) is 27.0 Å².